The van der Waals surface area contributed by atoms with Crippen molar-refractivity contribution >= 4 is 63.3 Å². The van der Waals surface area contributed by atoms with Gasteiger partial charge in [0, 0.05) is 29.5 Å². The lowest BCUT2D eigenvalue weighted by atomic mass is 10.1. The summed E-state index contributed by atoms with van der Waals surface area (Å²) in [6.45, 7) is 10.1. The van der Waals surface area contributed by atoms with Crippen molar-refractivity contribution in [2.45, 2.75) is 33.7 Å². The van der Waals surface area contributed by atoms with E-state index in [2.05, 4.69) is 55.8 Å². The Labute approximate surface area is 209 Å². The molecule has 0 saturated carbocycles. The maximum atomic E-state index is 13.1. The molecule has 2 aromatic carbocycles. The van der Waals surface area contributed by atoms with Gasteiger partial charge in [-0.3, -0.25) is 9.20 Å². The summed E-state index contributed by atoms with van der Waals surface area (Å²) in [5.41, 5.74) is 4.52. The van der Waals surface area contributed by atoms with Crippen molar-refractivity contribution in [2.24, 2.45) is 0 Å². The zero-order valence-corrected chi connectivity index (χ0v) is 21.8. The van der Waals surface area contributed by atoms with Crippen molar-refractivity contribution in [3.63, 3.8) is 0 Å². The van der Waals surface area contributed by atoms with E-state index in [1.54, 1.807) is 0 Å². The quantitative estimate of drug-likeness (QED) is 0.240. The molecule has 4 rings (SSSR count). The molecule has 0 aliphatic carbocycles. The molecule has 4 aromatic rings. The second kappa shape index (κ2) is 11.3. The molecule has 0 atom stereocenters. The largest absolute Gasteiger partial charge is 0.308 e. The molecule has 5 nitrogen and oxygen atoms in total. The van der Waals surface area contributed by atoms with Gasteiger partial charge in [0.2, 0.25) is 5.78 Å². The number of fused-ring (bicyclic) bond motifs is 3. The summed E-state index contributed by atoms with van der Waals surface area (Å²) in [6.07, 6.45) is 0.441. The maximum absolute atomic E-state index is 13.1. The smallest absolute Gasteiger partial charge is 0.216 e. The topological polar surface area (TPSA) is 42.5 Å². The Balaban J connectivity index is 0.00000181. The number of imidazole rings is 2. The molecule has 0 aliphatic rings. The molecule has 32 heavy (non-hydrogen) atoms. The predicted octanol–water partition coefficient (Wildman–Crippen LogP) is 6.50. The number of carbonyl (C=O) groups is 1. The van der Waals surface area contributed by atoms with Crippen molar-refractivity contribution in [3.05, 3.63) is 58.7 Å². The van der Waals surface area contributed by atoms with E-state index in [9.17, 15) is 4.79 Å². The number of para-hydroxylation sites is 2. The van der Waals surface area contributed by atoms with Crippen LogP contribution >= 0.6 is 40.7 Å². The van der Waals surface area contributed by atoms with E-state index in [4.69, 9.17) is 4.98 Å². The lowest BCUT2D eigenvalue weighted by Crippen LogP contribution is -2.27. The minimum Gasteiger partial charge on any atom is -0.308 e. The highest BCUT2D eigenvalue weighted by molar-refractivity contribution is 9.10. The van der Waals surface area contributed by atoms with E-state index in [1.165, 1.54) is 0 Å². The van der Waals surface area contributed by atoms with Crippen LogP contribution in [0.2, 0.25) is 0 Å². The summed E-state index contributed by atoms with van der Waals surface area (Å²) in [5, 5.41) is 0. The molecule has 2 heterocycles. The molecule has 2 aromatic heterocycles. The van der Waals surface area contributed by atoms with Gasteiger partial charge in [-0.15, -0.1) is 24.8 Å². The molecule has 0 fully saturated rings. The van der Waals surface area contributed by atoms with Crippen LogP contribution in [-0.2, 0) is 6.54 Å². The number of halogens is 3. The lowest BCUT2D eigenvalue weighted by Gasteiger charge is -2.18. The van der Waals surface area contributed by atoms with Crippen LogP contribution in [0.5, 0.6) is 0 Å². The van der Waals surface area contributed by atoms with Crippen LogP contribution in [0.15, 0.2) is 53.0 Å². The van der Waals surface area contributed by atoms with Crippen molar-refractivity contribution < 1.29 is 4.79 Å². The Kier molecular flexibility index (Phi) is 9.34. The van der Waals surface area contributed by atoms with Crippen LogP contribution in [-0.4, -0.2) is 44.3 Å². The fraction of sp³-hybridized carbons (Fsp3) is 0.333. The molecule has 0 bridgehead atoms. The van der Waals surface area contributed by atoms with Crippen LogP contribution in [0.1, 0.15) is 37.7 Å². The first-order valence-electron chi connectivity index (χ1n) is 10.6. The third kappa shape index (κ3) is 4.74. The van der Waals surface area contributed by atoms with Gasteiger partial charge < -0.3 is 9.47 Å². The average molecular weight is 540 g/mol. The fourth-order valence-electron chi connectivity index (χ4n) is 4.04. The van der Waals surface area contributed by atoms with Crippen LogP contribution in [0.25, 0.3) is 28.1 Å². The van der Waals surface area contributed by atoms with Gasteiger partial charge in [0.25, 0.3) is 0 Å². The van der Waals surface area contributed by atoms with E-state index in [0.717, 1.165) is 58.7 Å². The van der Waals surface area contributed by atoms with E-state index in [0.29, 0.717) is 12.1 Å². The number of benzene rings is 2. The number of aromatic nitrogens is 3. The monoisotopic (exact) mass is 538 g/mol. The second-order valence-corrected chi connectivity index (χ2v) is 8.31. The maximum Gasteiger partial charge on any atom is 0.216 e. The normalized spacial score (nSPS) is 11.0. The molecule has 8 heteroatoms. The van der Waals surface area contributed by atoms with Crippen LogP contribution < -0.4 is 0 Å². The van der Waals surface area contributed by atoms with Crippen LogP contribution in [0.4, 0.5) is 0 Å². The zero-order chi connectivity index (χ0) is 21.3. The number of ketones is 1. The Bertz CT molecular complexity index is 1200. The number of likely N-dealkylation sites (N-methyl/N-ethyl adjacent to an activating group) is 1. The fourth-order valence-corrected chi connectivity index (χ4v) is 4.31. The summed E-state index contributed by atoms with van der Waals surface area (Å²) >= 11 is 3.50. The number of rotatable bonds is 8. The van der Waals surface area contributed by atoms with Crippen molar-refractivity contribution in [1.82, 2.24) is 18.9 Å². The van der Waals surface area contributed by atoms with Gasteiger partial charge in [0.1, 0.15) is 11.4 Å². The lowest BCUT2D eigenvalue weighted by molar-refractivity contribution is 0.0983. The van der Waals surface area contributed by atoms with Gasteiger partial charge in [-0.25, -0.2) is 4.98 Å². The first-order chi connectivity index (χ1) is 14.6. The first-order valence-corrected chi connectivity index (χ1v) is 11.4. The highest BCUT2D eigenvalue weighted by Gasteiger charge is 2.24. The van der Waals surface area contributed by atoms with Gasteiger partial charge in [0.05, 0.1) is 11.0 Å². The van der Waals surface area contributed by atoms with Gasteiger partial charge >= 0.3 is 0 Å². The molecule has 0 aliphatic heterocycles. The third-order valence-electron chi connectivity index (χ3n) is 5.75. The summed E-state index contributed by atoms with van der Waals surface area (Å²) in [6, 6.07) is 16.3. The Morgan fingerprint density at radius 3 is 2.19 bits per heavy atom. The molecule has 0 spiro atoms. The second-order valence-electron chi connectivity index (χ2n) is 7.40. The van der Waals surface area contributed by atoms with E-state index in [-0.39, 0.29) is 30.6 Å². The minimum absolute atomic E-state index is 0. The minimum atomic E-state index is 0. The number of Topliss-reactive ketones (excluding diaryl/α,β-unsaturated/α-hetero) is 1. The molecule has 0 unspecified atom stereocenters. The predicted molar refractivity (Wildman–Crippen MR) is 141 cm³/mol. The van der Waals surface area contributed by atoms with Crippen LogP contribution in [0.3, 0.4) is 0 Å². The molecule has 0 saturated heterocycles. The van der Waals surface area contributed by atoms with Gasteiger partial charge in [-0.05, 0) is 37.4 Å². The Morgan fingerprint density at radius 2 is 1.59 bits per heavy atom. The number of hydrogen-bond acceptors (Lipinski definition) is 3. The Morgan fingerprint density at radius 1 is 0.969 bits per heavy atom. The molecular formula is C24H29BrCl2N4O. The highest BCUT2D eigenvalue weighted by Crippen LogP contribution is 2.31. The number of hydrogen-bond donors (Lipinski definition) is 0. The van der Waals surface area contributed by atoms with E-state index < -0.39 is 0 Å². The molecule has 0 N–H and O–H groups in total. The van der Waals surface area contributed by atoms with Gasteiger partial charge in [0.15, 0.2) is 5.78 Å². The van der Waals surface area contributed by atoms with Crippen molar-refractivity contribution in [1.29, 1.82) is 0 Å². The summed E-state index contributed by atoms with van der Waals surface area (Å²) in [5.74, 6) is 0.935. The number of carbonyl (C=O) groups excluding carboxylic acids is 1. The van der Waals surface area contributed by atoms with Crippen molar-refractivity contribution in [3.8, 4) is 11.3 Å². The molecule has 0 amide bonds. The third-order valence-corrected chi connectivity index (χ3v) is 6.28. The standard InChI is InChI=1S/C24H27BrN4O.2ClH/c1-4-21(30)23-22(17-11-13-18(25)14-12-17)26-24-28(16-15-27(5-2)6-3)19-9-7-8-10-20(19)29(23)24;;/h7-14H,4-6,15-16H2,1-3H3;2*1H. The molecule has 172 valence electrons. The first kappa shape index (κ1) is 26.4. The zero-order valence-electron chi connectivity index (χ0n) is 18.5. The van der Waals surface area contributed by atoms with E-state index >= 15 is 0 Å². The summed E-state index contributed by atoms with van der Waals surface area (Å²) in [4.78, 5) is 20.5. The highest BCUT2D eigenvalue weighted by atomic mass is 79.9. The average Bonchev–Trinajstić information content (AvgIpc) is 3.30. The van der Waals surface area contributed by atoms with Crippen LogP contribution in [0, 0.1) is 0 Å². The SMILES string of the molecule is CCC(=O)c1c(-c2ccc(Br)cc2)nc2n(CCN(CC)CC)c3ccccc3n12.Cl.Cl. The van der Waals surface area contributed by atoms with Gasteiger partial charge in [-0.2, -0.15) is 0 Å². The molecule has 0 radical (unpaired) electrons. The number of nitrogens with zero attached hydrogens (tertiary/aromatic N) is 4. The van der Waals surface area contributed by atoms with Gasteiger partial charge in [-0.1, -0.05) is 61.0 Å². The van der Waals surface area contributed by atoms with Crippen molar-refractivity contribution in [2.75, 3.05) is 19.6 Å². The Hall–Kier alpha value is -1.86. The van der Waals surface area contributed by atoms with E-state index in [1.807, 2.05) is 43.3 Å². The summed E-state index contributed by atoms with van der Waals surface area (Å²) < 4.78 is 5.32. The summed E-state index contributed by atoms with van der Waals surface area (Å²) in [7, 11) is 0. The molecular weight excluding hydrogens is 511 g/mol.